The summed E-state index contributed by atoms with van der Waals surface area (Å²) < 4.78 is 5.39. The van der Waals surface area contributed by atoms with E-state index < -0.39 is 23.5 Å². The first-order chi connectivity index (χ1) is 9.10. The molecule has 3 N–H and O–H groups in total. The average molecular weight is 286 g/mol. The topological polar surface area (TPSA) is 105 Å². The van der Waals surface area contributed by atoms with Crippen LogP contribution in [-0.2, 0) is 14.3 Å². The van der Waals surface area contributed by atoms with Crippen molar-refractivity contribution in [3.63, 3.8) is 0 Å². The van der Waals surface area contributed by atoms with E-state index in [1.807, 2.05) is 6.92 Å². The minimum atomic E-state index is -1.20. The van der Waals surface area contributed by atoms with Gasteiger partial charge in [-0.1, -0.05) is 0 Å². The zero-order valence-corrected chi connectivity index (χ0v) is 12.5. The van der Waals surface area contributed by atoms with E-state index in [4.69, 9.17) is 9.84 Å². The normalized spacial score (nSPS) is 12.4. The maximum absolute atomic E-state index is 11.6. The highest BCUT2D eigenvalue weighted by atomic mass is 16.5. The number of hydrogen-bond acceptors (Lipinski definition) is 4. The Balaban J connectivity index is 4.46. The number of nitrogens with one attached hydrogen (secondary N) is 2. The summed E-state index contributed by atoms with van der Waals surface area (Å²) in [6, 6.07) is -0.694. The number of imide groups is 1. The molecule has 0 heterocycles. The molecule has 0 saturated heterocycles. The van der Waals surface area contributed by atoms with Crippen molar-refractivity contribution in [1.82, 2.24) is 10.6 Å². The predicted octanol–water partition coefficient (Wildman–Crippen LogP) is 1.05. The van der Waals surface area contributed by atoms with Gasteiger partial charge in [-0.25, -0.2) is 9.59 Å². The predicted molar refractivity (Wildman–Crippen MR) is 73.3 cm³/mol. The Labute approximate surface area is 118 Å². The van der Waals surface area contributed by atoms with Crippen molar-refractivity contribution in [2.24, 2.45) is 0 Å². The standard InChI is InChI=1S/C13H22N2O5/c1-6-20-13(4,5)7-14-12(19)15-10(16)8(2)9(3)11(17)18/h6-7H2,1-5H3,(H,17,18)(H2,14,15,16,19). The molecule has 0 aliphatic carbocycles. The first kappa shape index (κ1) is 18.1. The van der Waals surface area contributed by atoms with Gasteiger partial charge in [-0.15, -0.1) is 0 Å². The Morgan fingerprint density at radius 3 is 2.15 bits per heavy atom. The van der Waals surface area contributed by atoms with E-state index in [-0.39, 0.29) is 17.7 Å². The molecule has 0 spiro atoms. The quantitative estimate of drug-likeness (QED) is 0.633. The number of carbonyl (C=O) groups is 3. The molecule has 0 bridgehead atoms. The monoisotopic (exact) mass is 286 g/mol. The summed E-state index contributed by atoms with van der Waals surface area (Å²) in [5, 5.41) is 13.3. The minimum absolute atomic E-state index is 0.0169. The smallest absolute Gasteiger partial charge is 0.331 e. The molecule has 0 radical (unpaired) electrons. The molecule has 0 aromatic carbocycles. The number of ether oxygens (including phenoxy) is 1. The molecule has 0 aliphatic heterocycles. The van der Waals surface area contributed by atoms with Crippen LogP contribution in [0.5, 0.6) is 0 Å². The van der Waals surface area contributed by atoms with Crippen molar-refractivity contribution in [2.75, 3.05) is 13.2 Å². The van der Waals surface area contributed by atoms with Crippen LogP contribution >= 0.6 is 0 Å². The molecule has 3 amide bonds. The number of urea groups is 1. The van der Waals surface area contributed by atoms with Crippen molar-refractivity contribution in [3.05, 3.63) is 11.1 Å². The molecule has 0 aromatic heterocycles. The molecule has 0 atom stereocenters. The van der Waals surface area contributed by atoms with Crippen LogP contribution in [0, 0.1) is 0 Å². The van der Waals surface area contributed by atoms with E-state index in [2.05, 4.69) is 10.6 Å². The summed E-state index contributed by atoms with van der Waals surface area (Å²) in [6.45, 7) is 8.82. The summed E-state index contributed by atoms with van der Waals surface area (Å²) in [6.07, 6.45) is 0. The molecule has 114 valence electrons. The summed E-state index contributed by atoms with van der Waals surface area (Å²) >= 11 is 0. The Morgan fingerprint density at radius 1 is 1.15 bits per heavy atom. The average Bonchev–Trinajstić information content (AvgIpc) is 2.34. The second-order valence-corrected chi connectivity index (χ2v) is 4.88. The zero-order valence-electron chi connectivity index (χ0n) is 12.5. The van der Waals surface area contributed by atoms with E-state index in [0.717, 1.165) is 0 Å². The maximum atomic E-state index is 11.6. The lowest BCUT2D eigenvalue weighted by molar-refractivity contribution is -0.133. The van der Waals surface area contributed by atoms with Gasteiger partial charge in [-0.3, -0.25) is 10.1 Å². The van der Waals surface area contributed by atoms with Crippen LogP contribution in [0.3, 0.4) is 0 Å². The van der Waals surface area contributed by atoms with E-state index in [1.54, 1.807) is 13.8 Å². The van der Waals surface area contributed by atoms with Gasteiger partial charge in [0, 0.05) is 24.3 Å². The third-order valence-corrected chi connectivity index (χ3v) is 2.66. The van der Waals surface area contributed by atoms with Gasteiger partial charge in [-0.2, -0.15) is 0 Å². The first-order valence-corrected chi connectivity index (χ1v) is 6.24. The van der Waals surface area contributed by atoms with Crippen molar-refractivity contribution in [1.29, 1.82) is 0 Å². The molecule has 0 rings (SSSR count). The fourth-order valence-electron chi connectivity index (χ4n) is 1.31. The number of carbonyl (C=O) groups excluding carboxylic acids is 2. The fraction of sp³-hybridized carbons (Fsp3) is 0.615. The van der Waals surface area contributed by atoms with Crippen molar-refractivity contribution in [3.8, 4) is 0 Å². The number of rotatable bonds is 6. The van der Waals surface area contributed by atoms with Crippen molar-refractivity contribution in [2.45, 2.75) is 40.2 Å². The number of hydrogen-bond donors (Lipinski definition) is 3. The Hall–Kier alpha value is -1.89. The van der Waals surface area contributed by atoms with Crippen LogP contribution in [0.4, 0.5) is 4.79 Å². The molecule has 0 saturated carbocycles. The maximum Gasteiger partial charge on any atom is 0.331 e. The first-order valence-electron chi connectivity index (χ1n) is 6.24. The lowest BCUT2D eigenvalue weighted by Crippen LogP contribution is -2.46. The molecular formula is C13H22N2O5. The van der Waals surface area contributed by atoms with E-state index in [0.29, 0.717) is 6.61 Å². The van der Waals surface area contributed by atoms with Crippen LogP contribution < -0.4 is 10.6 Å². The second kappa shape index (κ2) is 7.64. The van der Waals surface area contributed by atoms with Gasteiger partial charge < -0.3 is 15.2 Å². The minimum Gasteiger partial charge on any atom is -0.478 e. The van der Waals surface area contributed by atoms with Crippen LogP contribution in [0.25, 0.3) is 0 Å². The summed E-state index contributed by atoms with van der Waals surface area (Å²) in [7, 11) is 0. The highest BCUT2D eigenvalue weighted by Crippen LogP contribution is 2.07. The van der Waals surface area contributed by atoms with E-state index in [9.17, 15) is 14.4 Å². The molecule has 20 heavy (non-hydrogen) atoms. The molecule has 0 aromatic rings. The van der Waals surface area contributed by atoms with Crippen LogP contribution in [-0.4, -0.2) is 41.8 Å². The third kappa shape index (κ3) is 6.33. The zero-order chi connectivity index (χ0) is 15.9. The van der Waals surface area contributed by atoms with Gasteiger partial charge in [0.1, 0.15) is 0 Å². The van der Waals surface area contributed by atoms with Gasteiger partial charge in [0.2, 0.25) is 0 Å². The van der Waals surface area contributed by atoms with Gasteiger partial charge in [0.15, 0.2) is 0 Å². The number of amides is 3. The third-order valence-electron chi connectivity index (χ3n) is 2.66. The van der Waals surface area contributed by atoms with Crippen LogP contribution in [0.15, 0.2) is 11.1 Å². The number of carboxylic acids is 1. The Bertz CT molecular complexity index is 426. The highest BCUT2D eigenvalue weighted by Gasteiger charge is 2.20. The highest BCUT2D eigenvalue weighted by molar-refractivity contribution is 6.07. The summed E-state index contributed by atoms with van der Waals surface area (Å²) in [5.41, 5.74) is -0.668. The lowest BCUT2D eigenvalue weighted by Gasteiger charge is -2.24. The molecule has 0 unspecified atom stereocenters. The molecule has 0 fully saturated rings. The van der Waals surface area contributed by atoms with Gasteiger partial charge in [0.25, 0.3) is 5.91 Å². The SMILES string of the molecule is CCOC(C)(C)CNC(=O)NC(=O)C(C)=C(C)C(=O)O. The summed E-state index contributed by atoms with van der Waals surface area (Å²) in [4.78, 5) is 33.9. The molecule has 7 nitrogen and oxygen atoms in total. The Kier molecular flexibility index (Phi) is 6.92. The van der Waals surface area contributed by atoms with E-state index in [1.165, 1.54) is 13.8 Å². The van der Waals surface area contributed by atoms with E-state index >= 15 is 0 Å². The summed E-state index contributed by atoms with van der Waals surface area (Å²) in [5.74, 6) is -1.94. The van der Waals surface area contributed by atoms with Gasteiger partial charge in [0.05, 0.1) is 5.60 Å². The van der Waals surface area contributed by atoms with Gasteiger partial charge in [-0.05, 0) is 34.6 Å². The fourth-order valence-corrected chi connectivity index (χ4v) is 1.31. The number of aliphatic carboxylic acids is 1. The molecule has 0 aliphatic rings. The largest absolute Gasteiger partial charge is 0.478 e. The van der Waals surface area contributed by atoms with Gasteiger partial charge >= 0.3 is 12.0 Å². The number of carboxylic acid groups (broad SMARTS) is 1. The van der Waals surface area contributed by atoms with Crippen molar-refractivity contribution < 1.29 is 24.2 Å². The van der Waals surface area contributed by atoms with Crippen molar-refractivity contribution >= 4 is 17.9 Å². The lowest BCUT2D eigenvalue weighted by atomic mass is 10.1. The molecular weight excluding hydrogens is 264 g/mol. The second-order valence-electron chi connectivity index (χ2n) is 4.88. The Morgan fingerprint density at radius 2 is 1.70 bits per heavy atom. The van der Waals surface area contributed by atoms with Crippen LogP contribution in [0.2, 0.25) is 0 Å². The van der Waals surface area contributed by atoms with Crippen LogP contribution in [0.1, 0.15) is 34.6 Å². The molecule has 7 heteroatoms.